The highest BCUT2D eigenvalue weighted by Crippen LogP contribution is 2.18. The number of hydrogen-bond donors (Lipinski definition) is 0. The Morgan fingerprint density at radius 2 is 2.38 bits per heavy atom. The van der Waals surface area contributed by atoms with Gasteiger partial charge in [-0.15, -0.1) is 0 Å². The van der Waals surface area contributed by atoms with E-state index in [1.54, 1.807) is 6.20 Å². The van der Waals surface area contributed by atoms with E-state index < -0.39 is 0 Å². The number of nitrogens with zero attached hydrogens (tertiary/aromatic N) is 2. The largest absolute Gasteiger partial charge is 0.477 e. The Labute approximate surface area is 96.0 Å². The standard InChI is InChI=1S/C8H10ClIN2O/c1-2-3-4-13-7-6(10)5-11-8(9)12-7/h5H,2-4H2,1H3. The summed E-state index contributed by atoms with van der Waals surface area (Å²) in [5.41, 5.74) is 0. The van der Waals surface area contributed by atoms with Gasteiger partial charge in [0.15, 0.2) is 0 Å². The Hall–Kier alpha value is -0.100. The minimum absolute atomic E-state index is 0.229. The van der Waals surface area contributed by atoms with Crippen LogP contribution in [0.25, 0.3) is 0 Å². The molecule has 0 atom stereocenters. The predicted octanol–water partition coefficient (Wildman–Crippen LogP) is 2.91. The summed E-state index contributed by atoms with van der Waals surface area (Å²) in [5, 5.41) is 0.229. The number of ether oxygens (including phenoxy) is 1. The van der Waals surface area contributed by atoms with Crippen LogP contribution < -0.4 is 4.74 Å². The van der Waals surface area contributed by atoms with Crippen molar-refractivity contribution in [3.05, 3.63) is 15.1 Å². The molecule has 0 aromatic carbocycles. The quantitative estimate of drug-likeness (QED) is 0.487. The molecule has 0 unspecified atom stereocenters. The maximum atomic E-state index is 5.62. The zero-order valence-electron chi connectivity index (χ0n) is 7.26. The van der Waals surface area contributed by atoms with E-state index in [0.29, 0.717) is 12.5 Å². The number of hydrogen-bond acceptors (Lipinski definition) is 3. The van der Waals surface area contributed by atoms with Gasteiger partial charge in [-0.2, -0.15) is 4.98 Å². The van der Waals surface area contributed by atoms with Gasteiger partial charge in [0.05, 0.1) is 10.2 Å². The average Bonchev–Trinajstić information content (AvgIpc) is 2.11. The summed E-state index contributed by atoms with van der Waals surface area (Å²) in [4.78, 5) is 7.80. The number of halogens is 2. The molecule has 72 valence electrons. The van der Waals surface area contributed by atoms with E-state index in [1.165, 1.54) is 0 Å². The van der Waals surface area contributed by atoms with Crippen molar-refractivity contribution in [1.29, 1.82) is 0 Å². The molecule has 1 rings (SSSR count). The summed E-state index contributed by atoms with van der Waals surface area (Å²) in [5.74, 6) is 0.578. The molecule has 0 N–H and O–H groups in total. The van der Waals surface area contributed by atoms with Crippen molar-refractivity contribution in [2.24, 2.45) is 0 Å². The van der Waals surface area contributed by atoms with Crippen LogP contribution in [0.15, 0.2) is 6.20 Å². The maximum Gasteiger partial charge on any atom is 0.231 e. The summed E-state index contributed by atoms with van der Waals surface area (Å²) in [6, 6.07) is 0. The maximum absolute atomic E-state index is 5.62. The van der Waals surface area contributed by atoms with Crippen LogP contribution in [-0.4, -0.2) is 16.6 Å². The SMILES string of the molecule is CCCCOc1nc(Cl)ncc1I. The van der Waals surface area contributed by atoms with Crippen molar-refractivity contribution < 1.29 is 4.74 Å². The van der Waals surface area contributed by atoms with Gasteiger partial charge in [-0.3, -0.25) is 0 Å². The molecule has 3 nitrogen and oxygen atoms in total. The zero-order valence-corrected chi connectivity index (χ0v) is 10.2. The Morgan fingerprint density at radius 1 is 1.62 bits per heavy atom. The van der Waals surface area contributed by atoms with Crippen LogP contribution in [0.3, 0.4) is 0 Å². The van der Waals surface area contributed by atoms with E-state index in [2.05, 4.69) is 39.5 Å². The average molecular weight is 313 g/mol. The second-order valence-electron chi connectivity index (χ2n) is 2.49. The van der Waals surface area contributed by atoms with Crippen molar-refractivity contribution in [1.82, 2.24) is 9.97 Å². The molecular weight excluding hydrogens is 302 g/mol. The Morgan fingerprint density at radius 3 is 3.08 bits per heavy atom. The molecule has 0 aliphatic heterocycles. The molecule has 0 spiro atoms. The molecule has 5 heteroatoms. The van der Waals surface area contributed by atoms with Gasteiger partial charge in [-0.25, -0.2) is 4.98 Å². The molecule has 1 aromatic heterocycles. The zero-order chi connectivity index (χ0) is 9.68. The molecule has 0 saturated heterocycles. The van der Waals surface area contributed by atoms with Crippen LogP contribution in [0.1, 0.15) is 19.8 Å². The van der Waals surface area contributed by atoms with Gasteiger partial charge in [0.2, 0.25) is 11.2 Å². The third-order valence-electron chi connectivity index (χ3n) is 1.42. The van der Waals surface area contributed by atoms with Crippen molar-refractivity contribution in [3.8, 4) is 5.88 Å². The Kier molecular flexibility index (Phi) is 4.72. The summed E-state index contributed by atoms with van der Waals surface area (Å²) in [7, 11) is 0. The molecule has 1 aromatic rings. The van der Waals surface area contributed by atoms with Crippen molar-refractivity contribution in [3.63, 3.8) is 0 Å². The van der Waals surface area contributed by atoms with Crippen LogP contribution in [0.2, 0.25) is 5.28 Å². The lowest BCUT2D eigenvalue weighted by Gasteiger charge is -2.05. The minimum Gasteiger partial charge on any atom is -0.477 e. The van der Waals surface area contributed by atoms with Crippen LogP contribution in [0.5, 0.6) is 5.88 Å². The predicted molar refractivity (Wildman–Crippen MR) is 60.2 cm³/mol. The van der Waals surface area contributed by atoms with Crippen LogP contribution in [-0.2, 0) is 0 Å². The van der Waals surface area contributed by atoms with Crippen LogP contribution >= 0.6 is 34.2 Å². The summed E-state index contributed by atoms with van der Waals surface area (Å²) in [6.45, 7) is 2.79. The lowest BCUT2D eigenvalue weighted by atomic mass is 10.4. The fourth-order valence-corrected chi connectivity index (χ4v) is 1.29. The molecule has 0 fully saturated rings. The third-order valence-corrected chi connectivity index (χ3v) is 2.34. The molecule has 0 amide bonds. The third kappa shape index (κ3) is 3.64. The fraction of sp³-hybridized carbons (Fsp3) is 0.500. The van der Waals surface area contributed by atoms with Gasteiger partial charge < -0.3 is 4.74 Å². The van der Waals surface area contributed by atoms with E-state index in [4.69, 9.17) is 16.3 Å². The van der Waals surface area contributed by atoms with Crippen LogP contribution in [0, 0.1) is 3.57 Å². The van der Waals surface area contributed by atoms with Crippen molar-refractivity contribution in [2.45, 2.75) is 19.8 Å². The van der Waals surface area contributed by atoms with Gasteiger partial charge in [0.1, 0.15) is 0 Å². The molecule has 13 heavy (non-hydrogen) atoms. The summed E-state index contributed by atoms with van der Waals surface area (Å²) in [6.07, 6.45) is 3.78. The number of aromatic nitrogens is 2. The molecule has 0 aliphatic rings. The molecule has 0 aliphatic carbocycles. The lowest BCUT2D eigenvalue weighted by molar-refractivity contribution is 0.295. The first-order valence-electron chi connectivity index (χ1n) is 4.05. The topological polar surface area (TPSA) is 35.0 Å². The first-order valence-corrected chi connectivity index (χ1v) is 5.50. The van der Waals surface area contributed by atoms with Crippen molar-refractivity contribution in [2.75, 3.05) is 6.61 Å². The Bertz CT molecular complexity index is 283. The van der Waals surface area contributed by atoms with E-state index in [-0.39, 0.29) is 5.28 Å². The second kappa shape index (κ2) is 5.59. The smallest absolute Gasteiger partial charge is 0.231 e. The van der Waals surface area contributed by atoms with Crippen LogP contribution in [0.4, 0.5) is 0 Å². The number of unbranched alkanes of at least 4 members (excludes halogenated alkanes) is 1. The Balaban J connectivity index is 2.59. The number of rotatable bonds is 4. The molecule has 0 saturated carbocycles. The highest BCUT2D eigenvalue weighted by Gasteiger charge is 2.03. The highest BCUT2D eigenvalue weighted by atomic mass is 127. The van der Waals surface area contributed by atoms with Crippen molar-refractivity contribution >= 4 is 34.2 Å². The van der Waals surface area contributed by atoms with Gasteiger partial charge in [0, 0.05) is 6.20 Å². The molecule has 0 bridgehead atoms. The van der Waals surface area contributed by atoms with E-state index in [0.717, 1.165) is 16.4 Å². The monoisotopic (exact) mass is 312 g/mol. The van der Waals surface area contributed by atoms with E-state index in [1.807, 2.05) is 0 Å². The molecule has 1 heterocycles. The van der Waals surface area contributed by atoms with Gasteiger partial charge in [-0.1, -0.05) is 13.3 Å². The normalized spacial score (nSPS) is 10.1. The van der Waals surface area contributed by atoms with Gasteiger partial charge in [0.25, 0.3) is 0 Å². The fourth-order valence-electron chi connectivity index (χ4n) is 0.746. The van der Waals surface area contributed by atoms with E-state index in [9.17, 15) is 0 Å². The van der Waals surface area contributed by atoms with E-state index >= 15 is 0 Å². The van der Waals surface area contributed by atoms with Gasteiger partial charge in [-0.05, 0) is 40.6 Å². The van der Waals surface area contributed by atoms with Gasteiger partial charge >= 0.3 is 0 Å². The summed E-state index contributed by atoms with van der Waals surface area (Å²) < 4.78 is 6.30. The first kappa shape index (κ1) is 11.0. The lowest BCUT2D eigenvalue weighted by Crippen LogP contribution is -2.01. The first-order chi connectivity index (χ1) is 6.24. The summed E-state index contributed by atoms with van der Waals surface area (Å²) >= 11 is 7.74. The molecular formula is C8H10ClIN2O. The minimum atomic E-state index is 0.229. The highest BCUT2D eigenvalue weighted by molar-refractivity contribution is 14.1. The molecule has 0 radical (unpaired) electrons. The second-order valence-corrected chi connectivity index (χ2v) is 3.99.